The van der Waals surface area contributed by atoms with Gasteiger partial charge in [0.2, 0.25) is 0 Å². The standard InChI is InChI=1S/C30H38F3N3O3/c1-5-7-22-18-34-27-25(8-6-9-26(27)30(31,32)33)28(22)38-17-16-37-15-14-36-19-29(4,35-20-36)23-10-12-24(13-11-23)39-21(2)3/h6,8-13,18,21,35H,5,7,14-17,19-20H2,1-4H3/i19D,20D. The summed E-state index contributed by atoms with van der Waals surface area (Å²) >= 11 is 0. The number of nitrogens with zero attached hydrogens (tertiary/aromatic N) is 2. The molecule has 2 heterocycles. The van der Waals surface area contributed by atoms with Crippen LogP contribution >= 0.6 is 0 Å². The van der Waals surface area contributed by atoms with Crippen LogP contribution in [0.25, 0.3) is 10.9 Å². The van der Waals surface area contributed by atoms with Crippen LogP contribution in [0.4, 0.5) is 13.2 Å². The van der Waals surface area contributed by atoms with Crippen LogP contribution in [0.15, 0.2) is 48.7 Å². The maximum atomic E-state index is 13.5. The Balaban J connectivity index is 1.34. The fourth-order valence-electron chi connectivity index (χ4n) is 4.62. The number of hydrogen-bond donors (Lipinski definition) is 1. The molecule has 1 aromatic heterocycles. The fraction of sp³-hybridized carbons (Fsp3) is 0.500. The van der Waals surface area contributed by atoms with Crippen molar-refractivity contribution in [2.45, 2.75) is 58.4 Å². The Bertz CT molecular complexity index is 1310. The van der Waals surface area contributed by atoms with E-state index in [1.165, 1.54) is 12.3 Å². The van der Waals surface area contributed by atoms with Gasteiger partial charge in [0.25, 0.3) is 0 Å². The lowest BCUT2D eigenvalue weighted by Crippen LogP contribution is -2.36. The van der Waals surface area contributed by atoms with E-state index in [-0.39, 0.29) is 31.4 Å². The van der Waals surface area contributed by atoms with E-state index in [0.29, 0.717) is 24.1 Å². The predicted molar refractivity (Wildman–Crippen MR) is 146 cm³/mol. The van der Waals surface area contributed by atoms with Crippen LogP contribution in [0.5, 0.6) is 11.5 Å². The molecule has 1 N–H and O–H groups in total. The van der Waals surface area contributed by atoms with Crippen molar-refractivity contribution in [2.24, 2.45) is 0 Å². The van der Waals surface area contributed by atoms with Gasteiger partial charge in [0.15, 0.2) is 0 Å². The van der Waals surface area contributed by atoms with Crippen LogP contribution < -0.4 is 14.8 Å². The van der Waals surface area contributed by atoms with E-state index in [1.54, 1.807) is 11.0 Å². The van der Waals surface area contributed by atoms with Crippen molar-refractivity contribution in [3.63, 3.8) is 0 Å². The predicted octanol–water partition coefficient (Wildman–Crippen LogP) is 6.17. The van der Waals surface area contributed by atoms with Gasteiger partial charge in [-0.3, -0.25) is 15.2 Å². The number of fused-ring (bicyclic) bond motifs is 1. The second kappa shape index (κ2) is 12.5. The maximum Gasteiger partial charge on any atom is 0.418 e. The number of hydrogen-bond acceptors (Lipinski definition) is 6. The van der Waals surface area contributed by atoms with Gasteiger partial charge in [-0.25, -0.2) is 0 Å². The highest BCUT2D eigenvalue weighted by molar-refractivity contribution is 5.89. The average molecular weight is 548 g/mol. The van der Waals surface area contributed by atoms with E-state index >= 15 is 0 Å². The van der Waals surface area contributed by atoms with Gasteiger partial charge in [0, 0.05) is 38.2 Å². The Morgan fingerprint density at radius 2 is 1.90 bits per heavy atom. The quantitative estimate of drug-likeness (QED) is 0.274. The summed E-state index contributed by atoms with van der Waals surface area (Å²) in [5.74, 6) is 1.15. The van der Waals surface area contributed by atoms with Gasteiger partial charge in [-0.1, -0.05) is 31.5 Å². The lowest BCUT2D eigenvalue weighted by Gasteiger charge is -2.25. The van der Waals surface area contributed by atoms with Crippen LogP contribution in [0, 0.1) is 0 Å². The van der Waals surface area contributed by atoms with Crippen molar-refractivity contribution >= 4 is 10.9 Å². The largest absolute Gasteiger partial charge is 0.491 e. The first-order chi connectivity index (χ1) is 19.5. The van der Waals surface area contributed by atoms with Gasteiger partial charge in [-0.15, -0.1) is 0 Å². The molecule has 0 radical (unpaired) electrons. The van der Waals surface area contributed by atoms with Crippen LogP contribution in [-0.2, 0) is 22.9 Å². The van der Waals surface area contributed by atoms with Crippen molar-refractivity contribution in [3.8, 4) is 11.5 Å². The summed E-state index contributed by atoms with van der Waals surface area (Å²) < 4.78 is 75.4. The molecule has 6 nitrogen and oxygen atoms in total. The van der Waals surface area contributed by atoms with Crippen molar-refractivity contribution in [2.75, 3.05) is 39.5 Å². The molecule has 2 aromatic carbocycles. The first kappa shape index (κ1) is 26.3. The van der Waals surface area contributed by atoms with Gasteiger partial charge in [-0.05, 0) is 57.0 Å². The maximum absolute atomic E-state index is 13.5. The van der Waals surface area contributed by atoms with E-state index < -0.39 is 30.4 Å². The molecule has 0 bridgehead atoms. The molecule has 1 saturated heterocycles. The summed E-state index contributed by atoms with van der Waals surface area (Å²) in [5, 5.41) is 3.55. The van der Waals surface area contributed by atoms with Crippen molar-refractivity contribution in [1.82, 2.24) is 15.2 Å². The fourth-order valence-corrected chi connectivity index (χ4v) is 4.62. The first-order valence-corrected chi connectivity index (χ1v) is 13.3. The Hall–Kier alpha value is -2.88. The second-order valence-electron chi connectivity index (χ2n) is 10.1. The third-order valence-corrected chi connectivity index (χ3v) is 6.49. The van der Waals surface area contributed by atoms with Gasteiger partial charge in [0.05, 0.1) is 37.3 Å². The molecule has 0 spiro atoms. The zero-order valence-electron chi connectivity index (χ0n) is 24.8. The molecule has 1 aliphatic heterocycles. The van der Waals surface area contributed by atoms with Crippen LogP contribution in [0.3, 0.4) is 0 Å². The van der Waals surface area contributed by atoms with E-state index in [1.807, 2.05) is 52.0 Å². The number of nitrogens with one attached hydrogen (secondary N) is 1. The molecule has 0 amide bonds. The second-order valence-corrected chi connectivity index (χ2v) is 10.1. The summed E-state index contributed by atoms with van der Waals surface area (Å²) in [6.45, 7) is 7.29. The average Bonchev–Trinajstić information content (AvgIpc) is 3.14. The number of para-hydroxylation sites is 1. The van der Waals surface area contributed by atoms with Crippen molar-refractivity contribution in [3.05, 3.63) is 65.4 Å². The lowest BCUT2D eigenvalue weighted by molar-refractivity contribution is -0.136. The monoisotopic (exact) mass is 547 g/mol. The lowest BCUT2D eigenvalue weighted by atomic mass is 9.93. The SMILES string of the molecule is [2H]C1NC(C)(c2ccc(OC(C)C)cc2)C([2H])N1CCOCCOc1c(CCC)cnc2c(C(F)(F)F)cccc12. The summed E-state index contributed by atoms with van der Waals surface area (Å²) in [6.07, 6.45) is -1.58. The third-order valence-electron chi connectivity index (χ3n) is 6.49. The number of ether oxygens (including phenoxy) is 3. The molecular formula is C30H38F3N3O3. The molecule has 3 atom stereocenters. The summed E-state index contributed by atoms with van der Waals surface area (Å²) in [4.78, 5) is 5.82. The number of aryl methyl sites for hydroxylation is 1. The third kappa shape index (κ3) is 7.21. The molecule has 3 unspecified atom stereocenters. The van der Waals surface area contributed by atoms with E-state index in [9.17, 15) is 13.2 Å². The minimum Gasteiger partial charge on any atom is -0.491 e. The number of halogens is 3. The summed E-state index contributed by atoms with van der Waals surface area (Å²) in [6, 6.07) is 11.6. The molecule has 212 valence electrons. The van der Waals surface area contributed by atoms with Crippen molar-refractivity contribution in [1.29, 1.82) is 0 Å². The zero-order valence-corrected chi connectivity index (χ0v) is 22.8. The Morgan fingerprint density at radius 1 is 1.13 bits per heavy atom. The molecule has 1 fully saturated rings. The molecule has 3 aromatic rings. The molecular weight excluding hydrogens is 507 g/mol. The van der Waals surface area contributed by atoms with E-state index in [2.05, 4.69) is 10.3 Å². The number of alkyl halides is 3. The highest BCUT2D eigenvalue weighted by atomic mass is 19.4. The molecule has 1 aliphatic rings. The number of benzene rings is 2. The molecule has 0 aliphatic carbocycles. The van der Waals surface area contributed by atoms with Gasteiger partial charge >= 0.3 is 6.18 Å². The minimum atomic E-state index is -4.52. The normalized spacial score (nSPS) is 22.8. The number of aromatic nitrogens is 1. The smallest absolute Gasteiger partial charge is 0.418 e. The topological polar surface area (TPSA) is 55.9 Å². The Kier molecular flexibility index (Phi) is 8.47. The number of rotatable bonds is 12. The van der Waals surface area contributed by atoms with Gasteiger partial charge in [-0.2, -0.15) is 13.2 Å². The van der Waals surface area contributed by atoms with E-state index in [4.69, 9.17) is 17.0 Å². The van der Waals surface area contributed by atoms with Crippen LogP contribution in [0.2, 0.25) is 0 Å². The van der Waals surface area contributed by atoms with Gasteiger partial charge < -0.3 is 14.2 Å². The highest BCUT2D eigenvalue weighted by Gasteiger charge is 2.35. The zero-order chi connectivity index (χ0) is 29.8. The van der Waals surface area contributed by atoms with Gasteiger partial charge in [0.1, 0.15) is 18.1 Å². The highest BCUT2D eigenvalue weighted by Crippen LogP contribution is 2.38. The molecule has 9 heteroatoms. The summed E-state index contributed by atoms with van der Waals surface area (Å²) in [7, 11) is 0. The molecule has 0 saturated carbocycles. The van der Waals surface area contributed by atoms with Crippen LogP contribution in [-0.4, -0.2) is 55.5 Å². The van der Waals surface area contributed by atoms with Crippen LogP contribution in [0.1, 0.15) is 53.5 Å². The Morgan fingerprint density at radius 3 is 2.59 bits per heavy atom. The Labute approximate surface area is 231 Å². The number of pyridine rings is 1. The first-order valence-electron chi connectivity index (χ1n) is 14.4. The minimum absolute atomic E-state index is 0.0631. The molecule has 4 rings (SSSR count). The summed E-state index contributed by atoms with van der Waals surface area (Å²) in [5.41, 5.74) is -0.0341. The molecule has 39 heavy (non-hydrogen) atoms. The van der Waals surface area contributed by atoms with E-state index in [0.717, 1.165) is 29.4 Å². The van der Waals surface area contributed by atoms with Crippen molar-refractivity contribution < 1.29 is 30.1 Å².